The van der Waals surface area contributed by atoms with Gasteiger partial charge in [0, 0.05) is 26.5 Å². The van der Waals surface area contributed by atoms with Crippen molar-refractivity contribution in [2.75, 3.05) is 12.4 Å². The van der Waals surface area contributed by atoms with E-state index in [2.05, 4.69) is 11.4 Å². The van der Waals surface area contributed by atoms with Gasteiger partial charge in [0.05, 0.1) is 23.9 Å². The van der Waals surface area contributed by atoms with E-state index >= 15 is 0 Å². The molecule has 0 saturated heterocycles. The number of rotatable bonds is 4. The SMILES string of the molecule is COc1ccc(-c2nc(NC(=O)c3c4c(nc5ccc(Cl)cc35)CCC4)sc2C)cc1C. The van der Waals surface area contributed by atoms with E-state index < -0.39 is 0 Å². The maximum absolute atomic E-state index is 13.5. The van der Waals surface area contributed by atoms with Crippen molar-refractivity contribution in [3.63, 3.8) is 0 Å². The molecule has 162 valence electrons. The highest BCUT2D eigenvalue weighted by Gasteiger charge is 2.25. The number of nitrogens with zero attached hydrogens (tertiary/aromatic N) is 2. The largest absolute Gasteiger partial charge is 0.496 e. The van der Waals surface area contributed by atoms with E-state index in [1.165, 1.54) is 11.3 Å². The third-order valence-electron chi connectivity index (χ3n) is 5.89. The summed E-state index contributed by atoms with van der Waals surface area (Å²) in [6.07, 6.45) is 2.75. The molecule has 7 heteroatoms. The quantitative estimate of drug-likeness (QED) is 0.381. The van der Waals surface area contributed by atoms with Gasteiger partial charge in [-0.1, -0.05) is 11.6 Å². The number of ether oxygens (including phenoxy) is 1. The minimum Gasteiger partial charge on any atom is -0.496 e. The van der Waals surface area contributed by atoms with E-state index in [4.69, 9.17) is 26.3 Å². The maximum Gasteiger partial charge on any atom is 0.258 e. The van der Waals surface area contributed by atoms with Crippen LogP contribution in [0.25, 0.3) is 22.2 Å². The highest BCUT2D eigenvalue weighted by atomic mass is 35.5. The van der Waals surface area contributed by atoms with Crippen molar-refractivity contribution >= 4 is 44.9 Å². The first-order chi connectivity index (χ1) is 15.4. The molecule has 1 N–H and O–H groups in total. The Morgan fingerprint density at radius 1 is 1.12 bits per heavy atom. The molecule has 2 aromatic carbocycles. The Hall–Kier alpha value is -2.96. The molecule has 2 heterocycles. The van der Waals surface area contributed by atoms with Gasteiger partial charge in [0.25, 0.3) is 5.91 Å². The molecule has 5 nitrogen and oxygen atoms in total. The lowest BCUT2D eigenvalue weighted by Crippen LogP contribution is -2.15. The van der Waals surface area contributed by atoms with Crippen LogP contribution in [0.3, 0.4) is 0 Å². The number of anilines is 1. The van der Waals surface area contributed by atoms with E-state index in [-0.39, 0.29) is 5.91 Å². The van der Waals surface area contributed by atoms with Crippen LogP contribution in [0.1, 0.15) is 38.5 Å². The Morgan fingerprint density at radius 3 is 2.75 bits per heavy atom. The molecule has 5 rings (SSSR count). The van der Waals surface area contributed by atoms with E-state index in [0.717, 1.165) is 68.9 Å². The van der Waals surface area contributed by atoms with Crippen LogP contribution in [0.5, 0.6) is 5.75 Å². The van der Waals surface area contributed by atoms with Gasteiger partial charge in [-0.15, -0.1) is 11.3 Å². The Bertz CT molecular complexity index is 1380. The minimum atomic E-state index is -0.163. The zero-order chi connectivity index (χ0) is 22.4. The molecule has 1 aliphatic rings. The molecule has 0 radical (unpaired) electrons. The van der Waals surface area contributed by atoms with Crippen LogP contribution in [0, 0.1) is 13.8 Å². The Morgan fingerprint density at radius 2 is 1.97 bits per heavy atom. The molecule has 0 fully saturated rings. The van der Waals surface area contributed by atoms with Crippen LogP contribution in [0.4, 0.5) is 5.13 Å². The summed E-state index contributed by atoms with van der Waals surface area (Å²) in [5.74, 6) is 0.677. The summed E-state index contributed by atoms with van der Waals surface area (Å²) in [5, 5.41) is 5.00. The summed E-state index contributed by atoms with van der Waals surface area (Å²) in [6, 6.07) is 11.5. The lowest BCUT2D eigenvalue weighted by atomic mass is 10.0. The van der Waals surface area contributed by atoms with Gasteiger partial charge in [0.15, 0.2) is 5.13 Å². The summed E-state index contributed by atoms with van der Waals surface area (Å²) >= 11 is 7.73. The number of aryl methyl sites for hydroxylation is 3. The number of carbonyl (C=O) groups is 1. The molecular formula is C25H22ClN3O2S. The number of hydrogen-bond donors (Lipinski definition) is 1. The van der Waals surface area contributed by atoms with Crippen molar-refractivity contribution in [1.82, 2.24) is 9.97 Å². The van der Waals surface area contributed by atoms with Crippen LogP contribution in [0.2, 0.25) is 5.02 Å². The number of pyridine rings is 1. The van der Waals surface area contributed by atoms with Crippen molar-refractivity contribution in [2.45, 2.75) is 33.1 Å². The highest BCUT2D eigenvalue weighted by molar-refractivity contribution is 7.16. The Balaban J connectivity index is 1.52. The molecular weight excluding hydrogens is 442 g/mol. The molecule has 0 bridgehead atoms. The number of fused-ring (bicyclic) bond motifs is 2. The second-order valence-electron chi connectivity index (χ2n) is 7.99. The van der Waals surface area contributed by atoms with Gasteiger partial charge in [-0.25, -0.2) is 4.98 Å². The molecule has 0 unspecified atom stereocenters. The molecule has 0 spiro atoms. The molecule has 1 aliphatic carbocycles. The van der Waals surface area contributed by atoms with Crippen LogP contribution in [-0.4, -0.2) is 23.0 Å². The van der Waals surface area contributed by atoms with Gasteiger partial charge in [0.1, 0.15) is 5.75 Å². The maximum atomic E-state index is 13.5. The third kappa shape index (κ3) is 3.63. The fourth-order valence-corrected chi connectivity index (χ4v) is 5.40. The predicted octanol–water partition coefficient (Wildman–Crippen LogP) is 6.38. The minimum absolute atomic E-state index is 0.163. The van der Waals surface area contributed by atoms with Gasteiger partial charge in [-0.3, -0.25) is 15.1 Å². The third-order valence-corrected chi connectivity index (χ3v) is 7.01. The average Bonchev–Trinajstić information content (AvgIpc) is 3.37. The first-order valence-corrected chi connectivity index (χ1v) is 11.7. The molecule has 1 amide bonds. The number of methoxy groups -OCH3 is 1. The fraction of sp³-hybridized carbons (Fsp3) is 0.240. The lowest BCUT2D eigenvalue weighted by molar-refractivity contribution is 0.102. The number of carbonyl (C=O) groups excluding carboxylic acids is 1. The number of nitrogens with one attached hydrogen (secondary N) is 1. The molecule has 2 aromatic heterocycles. The number of halogens is 1. The summed E-state index contributed by atoms with van der Waals surface area (Å²) in [6.45, 7) is 4.02. The second kappa shape index (κ2) is 8.19. The number of thiazole rings is 1. The molecule has 32 heavy (non-hydrogen) atoms. The van der Waals surface area contributed by atoms with E-state index in [9.17, 15) is 4.79 Å². The van der Waals surface area contributed by atoms with Crippen molar-refractivity contribution in [3.05, 3.63) is 68.7 Å². The monoisotopic (exact) mass is 463 g/mol. The molecule has 4 aromatic rings. The first kappa shape index (κ1) is 20.9. The number of aromatic nitrogens is 2. The summed E-state index contributed by atoms with van der Waals surface area (Å²) in [5.41, 5.74) is 6.40. The topological polar surface area (TPSA) is 64.1 Å². The van der Waals surface area contributed by atoms with Crippen molar-refractivity contribution in [3.8, 4) is 17.0 Å². The van der Waals surface area contributed by atoms with Gasteiger partial charge >= 0.3 is 0 Å². The average molecular weight is 464 g/mol. The summed E-state index contributed by atoms with van der Waals surface area (Å²) in [4.78, 5) is 24.0. The van der Waals surface area contributed by atoms with Gasteiger partial charge in [0.2, 0.25) is 0 Å². The van der Waals surface area contributed by atoms with Gasteiger partial charge < -0.3 is 4.74 Å². The molecule has 0 atom stereocenters. The smallest absolute Gasteiger partial charge is 0.258 e. The Kier molecular flexibility index (Phi) is 5.35. The van der Waals surface area contributed by atoms with Crippen molar-refractivity contribution < 1.29 is 9.53 Å². The molecule has 0 aliphatic heterocycles. The second-order valence-corrected chi connectivity index (χ2v) is 9.63. The van der Waals surface area contributed by atoms with E-state index in [1.54, 1.807) is 7.11 Å². The van der Waals surface area contributed by atoms with Crippen molar-refractivity contribution in [2.24, 2.45) is 0 Å². The van der Waals surface area contributed by atoms with Crippen LogP contribution in [-0.2, 0) is 12.8 Å². The van der Waals surface area contributed by atoms with E-state index in [0.29, 0.717) is 15.7 Å². The number of amides is 1. The summed E-state index contributed by atoms with van der Waals surface area (Å²) < 4.78 is 5.36. The van der Waals surface area contributed by atoms with Crippen molar-refractivity contribution in [1.29, 1.82) is 0 Å². The standard InChI is InChI=1S/C25H22ClN3O2S/c1-13-11-15(7-10-21(13)31-3)23-14(2)32-25(28-23)29-24(30)22-17-5-4-6-19(17)27-20-9-8-16(26)12-18(20)22/h7-12H,4-6H2,1-3H3,(H,28,29,30). The fourth-order valence-electron chi connectivity index (χ4n) is 4.40. The predicted molar refractivity (Wildman–Crippen MR) is 130 cm³/mol. The Labute approximate surface area is 195 Å². The van der Waals surface area contributed by atoms with Crippen LogP contribution in [0.15, 0.2) is 36.4 Å². The van der Waals surface area contributed by atoms with Crippen LogP contribution < -0.4 is 10.1 Å². The van der Waals surface area contributed by atoms with E-state index in [1.807, 2.05) is 44.2 Å². The number of benzene rings is 2. The normalized spacial score (nSPS) is 12.8. The number of hydrogen-bond acceptors (Lipinski definition) is 5. The summed E-state index contributed by atoms with van der Waals surface area (Å²) in [7, 11) is 1.66. The zero-order valence-electron chi connectivity index (χ0n) is 18.1. The zero-order valence-corrected chi connectivity index (χ0v) is 19.7. The van der Waals surface area contributed by atoms with Gasteiger partial charge in [-0.2, -0.15) is 0 Å². The highest BCUT2D eigenvalue weighted by Crippen LogP contribution is 2.35. The lowest BCUT2D eigenvalue weighted by Gasteiger charge is -2.12. The van der Waals surface area contributed by atoms with Gasteiger partial charge in [-0.05, 0) is 80.6 Å². The van der Waals surface area contributed by atoms with Crippen LogP contribution >= 0.6 is 22.9 Å². The first-order valence-electron chi connectivity index (χ1n) is 10.5. The molecule has 0 saturated carbocycles.